The molecular weight excluding hydrogens is 270 g/mol. The number of methoxy groups -OCH3 is 1. The number of nitrogen functional groups attached to an aromatic ring is 1. The van der Waals surface area contributed by atoms with Crippen LogP contribution in [0.15, 0.2) is 18.2 Å². The van der Waals surface area contributed by atoms with Crippen molar-refractivity contribution in [2.75, 3.05) is 25.9 Å². The van der Waals surface area contributed by atoms with Crippen LogP contribution in [-0.4, -0.2) is 36.9 Å². The monoisotopic (exact) mass is 291 g/mol. The molecule has 1 aliphatic rings. The maximum absolute atomic E-state index is 12.6. The molecule has 0 aliphatic carbocycles. The van der Waals surface area contributed by atoms with Crippen LogP contribution >= 0.6 is 0 Å². The summed E-state index contributed by atoms with van der Waals surface area (Å²) in [5, 5.41) is 0. The van der Waals surface area contributed by atoms with Gasteiger partial charge in [0.15, 0.2) is 5.75 Å². The van der Waals surface area contributed by atoms with Crippen molar-refractivity contribution in [2.45, 2.75) is 19.3 Å². The Balaban J connectivity index is 2.06. The van der Waals surface area contributed by atoms with Crippen molar-refractivity contribution in [3.63, 3.8) is 0 Å². The summed E-state index contributed by atoms with van der Waals surface area (Å²) in [7, 11) is 1.50. The number of nitrogens with zero attached hydrogens (tertiary/aromatic N) is 1. The van der Waals surface area contributed by atoms with Gasteiger partial charge < -0.3 is 21.1 Å². The molecule has 114 valence electrons. The van der Waals surface area contributed by atoms with Gasteiger partial charge in [-0.2, -0.15) is 0 Å². The first-order valence-corrected chi connectivity index (χ1v) is 7.03. The van der Waals surface area contributed by atoms with E-state index in [4.69, 9.17) is 16.2 Å². The highest BCUT2D eigenvalue weighted by molar-refractivity contribution is 5.98. The van der Waals surface area contributed by atoms with Gasteiger partial charge in [0.2, 0.25) is 5.91 Å². The molecule has 4 N–H and O–H groups in total. The number of hydrogen-bond donors (Lipinski definition) is 2. The van der Waals surface area contributed by atoms with Crippen LogP contribution in [0.2, 0.25) is 0 Å². The standard InChI is InChI=1S/C15H21N3O3/c1-21-14-11(3-2-4-12(14)16)15(20)18-7-5-10(6-8-18)9-13(17)19/h2-4,10H,5-9,16H2,1H3,(H2,17,19). The molecule has 1 aromatic rings. The smallest absolute Gasteiger partial charge is 0.257 e. The molecule has 0 saturated carbocycles. The molecule has 2 rings (SSSR count). The van der Waals surface area contributed by atoms with E-state index in [1.807, 2.05) is 0 Å². The second-order valence-electron chi connectivity index (χ2n) is 5.33. The van der Waals surface area contributed by atoms with Crippen LogP contribution < -0.4 is 16.2 Å². The minimum Gasteiger partial charge on any atom is -0.494 e. The second-order valence-corrected chi connectivity index (χ2v) is 5.33. The molecule has 1 saturated heterocycles. The molecule has 2 amide bonds. The molecule has 6 heteroatoms. The Morgan fingerprint density at radius 1 is 1.33 bits per heavy atom. The first-order chi connectivity index (χ1) is 10.0. The molecule has 1 fully saturated rings. The van der Waals surface area contributed by atoms with Gasteiger partial charge in [0.1, 0.15) is 0 Å². The largest absolute Gasteiger partial charge is 0.494 e. The zero-order valence-electron chi connectivity index (χ0n) is 12.2. The predicted molar refractivity (Wildman–Crippen MR) is 79.8 cm³/mol. The van der Waals surface area contributed by atoms with Gasteiger partial charge in [0.25, 0.3) is 5.91 Å². The van der Waals surface area contributed by atoms with Gasteiger partial charge in [0.05, 0.1) is 18.4 Å². The van der Waals surface area contributed by atoms with Crippen LogP contribution in [0.5, 0.6) is 5.75 Å². The highest BCUT2D eigenvalue weighted by atomic mass is 16.5. The quantitative estimate of drug-likeness (QED) is 0.809. The number of nitrogens with two attached hydrogens (primary N) is 2. The third kappa shape index (κ3) is 3.45. The van der Waals surface area contributed by atoms with E-state index in [0.717, 1.165) is 12.8 Å². The van der Waals surface area contributed by atoms with Crippen molar-refractivity contribution in [3.05, 3.63) is 23.8 Å². The molecule has 1 aromatic carbocycles. The Hall–Kier alpha value is -2.24. The molecule has 0 radical (unpaired) electrons. The van der Waals surface area contributed by atoms with E-state index in [1.165, 1.54) is 7.11 Å². The molecular formula is C15H21N3O3. The number of anilines is 1. The van der Waals surface area contributed by atoms with Crippen molar-refractivity contribution in [1.82, 2.24) is 4.90 Å². The normalized spacial score (nSPS) is 15.8. The molecule has 1 aliphatic heterocycles. The van der Waals surface area contributed by atoms with Crippen molar-refractivity contribution < 1.29 is 14.3 Å². The first kappa shape index (κ1) is 15.2. The number of piperidine rings is 1. The van der Waals surface area contributed by atoms with Crippen molar-refractivity contribution >= 4 is 17.5 Å². The molecule has 6 nitrogen and oxygen atoms in total. The summed E-state index contributed by atoms with van der Waals surface area (Å²) in [5.41, 5.74) is 12.0. The molecule has 0 aromatic heterocycles. The number of likely N-dealkylation sites (tertiary alicyclic amines) is 1. The van der Waals surface area contributed by atoms with Crippen LogP contribution in [0.3, 0.4) is 0 Å². The third-order valence-corrected chi connectivity index (χ3v) is 3.87. The minimum absolute atomic E-state index is 0.0864. The van der Waals surface area contributed by atoms with Gasteiger partial charge in [0, 0.05) is 19.5 Å². The van der Waals surface area contributed by atoms with Gasteiger partial charge in [-0.1, -0.05) is 6.07 Å². The number of para-hydroxylation sites is 1. The molecule has 0 spiro atoms. The van der Waals surface area contributed by atoms with Crippen molar-refractivity contribution in [1.29, 1.82) is 0 Å². The third-order valence-electron chi connectivity index (χ3n) is 3.87. The Morgan fingerprint density at radius 2 is 2.00 bits per heavy atom. The molecule has 21 heavy (non-hydrogen) atoms. The lowest BCUT2D eigenvalue weighted by Crippen LogP contribution is -2.39. The number of amides is 2. The lowest BCUT2D eigenvalue weighted by molar-refractivity contribution is -0.119. The number of hydrogen-bond acceptors (Lipinski definition) is 4. The Kier molecular flexibility index (Phi) is 4.67. The van der Waals surface area contributed by atoms with Gasteiger partial charge in [-0.15, -0.1) is 0 Å². The number of carbonyl (C=O) groups is 2. The fraction of sp³-hybridized carbons (Fsp3) is 0.467. The fourth-order valence-corrected chi connectivity index (χ4v) is 2.75. The van der Waals surface area contributed by atoms with E-state index in [0.29, 0.717) is 36.5 Å². The Morgan fingerprint density at radius 3 is 2.57 bits per heavy atom. The summed E-state index contributed by atoms with van der Waals surface area (Å²) in [6.07, 6.45) is 1.97. The number of carbonyl (C=O) groups excluding carboxylic acids is 2. The lowest BCUT2D eigenvalue weighted by Gasteiger charge is -2.32. The van der Waals surface area contributed by atoms with Gasteiger partial charge >= 0.3 is 0 Å². The van der Waals surface area contributed by atoms with Crippen LogP contribution in [0.25, 0.3) is 0 Å². The van der Waals surface area contributed by atoms with Crippen LogP contribution in [-0.2, 0) is 4.79 Å². The maximum atomic E-state index is 12.6. The van der Waals surface area contributed by atoms with Gasteiger partial charge in [-0.25, -0.2) is 0 Å². The lowest BCUT2D eigenvalue weighted by atomic mass is 9.93. The van der Waals surface area contributed by atoms with Crippen LogP contribution in [0.1, 0.15) is 29.6 Å². The zero-order chi connectivity index (χ0) is 15.4. The highest BCUT2D eigenvalue weighted by Gasteiger charge is 2.26. The molecule has 0 bridgehead atoms. The Bertz CT molecular complexity index is 537. The van der Waals surface area contributed by atoms with Gasteiger partial charge in [-0.3, -0.25) is 9.59 Å². The van der Waals surface area contributed by atoms with Crippen molar-refractivity contribution in [3.8, 4) is 5.75 Å². The number of benzene rings is 1. The topological polar surface area (TPSA) is 98.7 Å². The average Bonchev–Trinajstić information content (AvgIpc) is 2.46. The van der Waals surface area contributed by atoms with Crippen LogP contribution in [0, 0.1) is 5.92 Å². The van der Waals surface area contributed by atoms with Crippen molar-refractivity contribution in [2.24, 2.45) is 11.7 Å². The van der Waals surface area contributed by atoms with E-state index in [-0.39, 0.29) is 17.7 Å². The van der Waals surface area contributed by atoms with Crippen LogP contribution in [0.4, 0.5) is 5.69 Å². The maximum Gasteiger partial charge on any atom is 0.257 e. The summed E-state index contributed by atoms with van der Waals surface area (Å²) >= 11 is 0. The summed E-state index contributed by atoms with van der Waals surface area (Å²) < 4.78 is 5.23. The molecule has 1 heterocycles. The average molecular weight is 291 g/mol. The second kappa shape index (κ2) is 6.47. The van der Waals surface area contributed by atoms with E-state index in [1.54, 1.807) is 23.1 Å². The summed E-state index contributed by atoms with van der Waals surface area (Å²) in [5.74, 6) is 0.324. The van der Waals surface area contributed by atoms with Gasteiger partial charge in [-0.05, 0) is 30.9 Å². The van der Waals surface area contributed by atoms with E-state index >= 15 is 0 Å². The molecule has 0 atom stereocenters. The molecule has 0 unspecified atom stereocenters. The summed E-state index contributed by atoms with van der Waals surface area (Å²) in [4.78, 5) is 25.3. The van der Waals surface area contributed by atoms with E-state index in [2.05, 4.69) is 0 Å². The summed E-state index contributed by atoms with van der Waals surface area (Å²) in [6.45, 7) is 1.24. The fourth-order valence-electron chi connectivity index (χ4n) is 2.75. The SMILES string of the molecule is COc1c(N)cccc1C(=O)N1CCC(CC(N)=O)CC1. The minimum atomic E-state index is -0.280. The first-order valence-electron chi connectivity index (χ1n) is 7.03. The summed E-state index contributed by atoms with van der Waals surface area (Å²) in [6, 6.07) is 5.16. The zero-order valence-corrected chi connectivity index (χ0v) is 12.2. The number of primary amides is 1. The van der Waals surface area contributed by atoms with E-state index in [9.17, 15) is 9.59 Å². The number of ether oxygens (including phenoxy) is 1. The van der Waals surface area contributed by atoms with E-state index < -0.39 is 0 Å². The predicted octanol–water partition coefficient (Wildman–Crippen LogP) is 1.00. The highest BCUT2D eigenvalue weighted by Crippen LogP contribution is 2.29. The Labute approximate surface area is 124 Å². The number of rotatable bonds is 4.